The van der Waals surface area contributed by atoms with Crippen LogP contribution < -0.4 is 5.32 Å². The van der Waals surface area contributed by atoms with Crippen molar-refractivity contribution in [1.29, 1.82) is 0 Å². The van der Waals surface area contributed by atoms with E-state index in [0.717, 1.165) is 19.3 Å². The van der Waals surface area contributed by atoms with Crippen LogP contribution in [0.25, 0.3) is 0 Å². The average Bonchev–Trinajstić information content (AvgIpc) is 2.19. The number of rotatable bonds is 3. The fourth-order valence-corrected chi connectivity index (χ4v) is 1.99. The van der Waals surface area contributed by atoms with Gasteiger partial charge in [-0.15, -0.1) is 0 Å². The van der Waals surface area contributed by atoms with E-state index in [1.54, 1.807) is 0 Å². The number of carbonyl (C=O) groups is 2. The van der Waals surface area contributed by atoms with Gasteiger partial charge < -0.3 is 10.4 Å². The molecule has 0 aromatic carbocycles. The molecule has 1 rings (SSSR count). The summed E-state index contributed by atoms with van der Waals surface area (Å²) in [6.07, 6.45) is 3.88. The molecule has 0 bridgehead atoms. The monoisotopic (exact) mass is 263 g/mol. The van der Waals surface area contributed by atoms with Crippen LogP contribution in [-0.2, 0) is 9.59 Å². The zero-order valence-corrected chi connectivity index (χ0v) is 9.47. The minimum atomic E-state index is -1.01. The van der Waals surface area contributed by atoms with Gasteiger partial charge in [0, 0.05) is 0 Å². The maximum absolute atomic E-state index is 11.2. The lowest BCUT2D eigenvalue weighted by atomic mass is 9.81. The van der Waals surface area contributed by atoms with Crippen LogP contribution in [0, 0.1) is 0 Å². The second kappa shape index (κ2) is 4.77. The molecular weight excluding hydrogens is 250 g/mol. The maximum atomic E-state index is 11.2. The number of aliphatic carboxylic acids is 1. The van der Waals surface area contributed by atoms with Crippen LogP contribution in [0.5, 0.6) is 0 Å². The summed E-state index contributed by atoms with van der Waals surface area (Å²) in [5.41, 5.74) is -1.01. The van der Waals surface area contributed by atoms with E-state index in [9.17, 15) is 9.59 Å². The zero-order valence-electron chi connectivity index (χ0n) is 7.88. The molecule has 5 heteroatoms. The van der Waals surface area contributed by atoms with Gasteiger partial charge in [-0.2, -0.15) is 0 Å². The number of hydrogen-bond donors (Lipinski definition) is 2. The highest BCUT2D eigenvalue weighted by molar-refractivity contribution is 9.09. The summed E-state index contributed by atoms with van der Waals surface area (Å²) in [6.45, 7) is 0. The summed E-state index contributed by atoms with van der Waals surface area (Å²) in [6, 6.07) is 0. The number of carboxylic acid groups (broad SMARTS) is 1. The van der Waals surface area contributed by atoms with E-state index in [0.29, 0.717) is 12.8 Å². The van der Waals surface area contributed by atoms with Crippen molar-refractivity contribution in [3.05, 3.63) is 0 Å². The molecule has 0 aliphatic heterocycles. The van der Waals surface area contributed by atoms with Gasteiger partial charge in [0.2, 0.25) is 5.91 Å². The Labute approximate surface area is 91.2 Å². The van der Waals surface area contributed by atoms with E-state index in [1.807, 2.05) is 0 Å². The Bertz CT molecular complexity index is 236. The largest absolute Gasteiger partial charge is 0.480 e. The Morgan fingerprint density at radius 3 is 2.29 bits per heavy atom. The second-order valence-corrected chi connectivity index (χ2v) is 4.19. The minimum absolute atomic E-state index is 0.155. The van der Waals surface area contributed by atoms with Crippen LogP contribution >= 0.6 is 15.9 Å². The van der Waals surface area contributed by atoms with Crippen molar-refractivity contribution in [3.8, 4) is 0 Å². The summed E-state index contributed by atoms with van der Waals surface area (Å²) in [5, 5.41) is 11.9. The summed E-state index contributed by atoms with van der Waals surface area (Å²) in [4.78, 5) is 22.3. The van der Waals surface area contributed by atoms with Crippen LogP contribution in [-0.4, -0.2) is 27.9 Å². The first-order valence-electron chi connectivity index (χ1n) is 4.71. The molecule has 80 valence electrons. The van der Waals surface area contributed by atoms with E-state index in [2.05, 4.69) is 21.2 Å². The molecule has 0 saturated heterocycles. The predicted octanol–water partition coefficient (Wildman–Crippen LogP) is 1.28. The third kappa shape index (κ3) is 2.47. The van der Waals surface area contributed by atoms with Crippen molar-refractivity contribution in [2.24, 2.45) is 0 Å². The molecule has 0 aromatic rings. The van der Waals surface area contributed by atoms with E-state index in [4.69, 9.17) is 5.11 Å². The molecule has 0 spiro atoms. The van der Waals surface area contributed by atoms with Gasteiger partial charge in [-0.05, 0) is 12.8 Å². The summed E-state index contributed by atoms with van der Waals surface area (Å²) < 4.78 is 0. The van der Waals surface area contributed by atoms with Gasteiger partial charge in [-0.3, -0.25) is 4.79 Å². The first-order chi connectivity index (χ1) is 6.60. The molecule has 1 saturated carbocycles. The molecule has 0 aromatic heterocycles. The Morgan fingerprint density at radius 2 is 1.86 bits per heavy atom. The Morgan fingerprint density at radius 1 is 1.29 bits per heavy atom. The van der Waals surface area contributed by atoms with E-state index in [1.165, 1.54) is 0 Å². The van der Waals surface area contributed by atoms with Crippen molar-refractivity contribution in [3.63, 3.8) is 0 Å². The highest BCUT2D eigenvalue weighted by Crippen LogP contribution is 2.28. The molecule has 1 aliphatic carbocycles. The van der Waals surface area contributed by atoms with Crippen LogP contribution in [0.3, 0.4) is 0 Å². The summed E-state index contributed by atoms with van der Waals surface area (Å²) in [5.74, 6) is -1.17. The predicted molar refractivity (Wildman–Crippen MR) is 55.4 cm³/mol. The van der Waals surface area contributed by atoms with Crippen molar-refractivity contribution in [2.45, 2.75) is 37.6 Å². The van der Waals surface area contributed by atoms with Crippen molar-refractivity contribution in [1.82, 2.24) is 5.32 Å². The van der Waals surface area contributed by atoms with Crippen molar-refractivity contribution < 1.29 is 14.7 Å². The topological polar surface area (TPSA) is 66.4 Å². The molecule has 0 heterocycles. The van der Waals surface area contributed by atoms with Crippen molar-refractivity contribution in [2.75, 3.05) is 5.33 Å². The molecule has 1 amide bonds. The molecule has 14 heavy (non-hydrogen) atoms. The van der Waals surface area contributed by atoms with Gasteiger partial charge in [0.1, 0.15) is 5.54 Å². The fraction of sp³-hybridized carbons (Fsp3) is 0.778. The van der Waals surface area contributed by atoms with Gasteiger partial charge >= 0.3 is 5.97 Å². The maximum Gasteiger partial charge on any atom is 0.329 e. The second-order valence-electron chi connectivity index (χ2n) is 3.63. The molecule has 1 fully saturated rings. The molecule has 0 unspecified atom stereocenters. The standard InChI is InChI=1S/C9H14BrNO3/c10-6-7(12)11-9(8(13)14)4-2-1-3-5-9/h1-6H2,(H,11,12)(H,13,14). The van der Waals surface area contributed by atoms with Crippen LogP contribution in [0.4, 0.5) is 0 Å². The summed E-state index contributed by atoms with van der Waals surface area (Å²) >= 11 is 3.01. The number of amides is 1. The third-order valence-electron chi connectivity index (χ3n) is 2.62. The average molecular weight is 264 g/mol. The van der Waals surface area contributed by atoms with E-state index in [-0.39, 0.29) is 11.2 Å². The molecule has 4 nitrogen and oxygen atoms in total. The molecular formula is C9H14BrNO3. The smallest absolute Gasteiger partial charge is 0.329 e. The summed E-state index contributed by atoms with van der Waals surface area (Å²) in [7, 11) is 0. The zero-order chi connectivity index (χ0) is 10.6. The van der Waals surface area contributed by atoms with Crippen molar-refractivity contribution >= 4 is 27.8 Å². The first kappa shape index (κ1) is 11.5. The first-order valence-corrected chi connectivity index (χ1v) is 5.83. The van der Waals surface area contributed by atoms with E-state index >= 15 is 0 Å². The Balaban J connectivity index is 2.70. The van der Waals surface area contributed by atoms with Gasteiger partial charge in [0.15, 0.2) is 0 Å². The number of halogens is 1. The highest BCUT2D eigenvalue weighted by Gasteiger charge is 2.40. The number of alkyl halides is 1. The third-order valence-corrected chi connectivity index (χ3v) is 3.13. The SMILES string of the molecule is O=C(CBr)NC1(C(=O)O)CCCCC1. The number of hydrogen-bond acceptors (Lipinski definition) is 2. The lowest BCUT2D eigenvalue weighted by Gasteiger charge is -2.33. The quantitative estimate of drug-likeness (QED) is 0.755. The van der Waals surface area contributed by atoms with Gasteiger partial charge in [0.05, 0.1) is 5.33 Å². The van der Waals surface area contributed by atoms with Gasteiger partial charge in [-0.25, -0.2) is 4.79 Å². The Kier molecular flexibility index (Phi) is 3.92. The van der Waals surface area contributed by atoms with Gasteiger partial charge in [0.25, 0.3) is 0 Å². The Hall–Kier alpha value is -0.580. The highest BCUT2D eigenvalue weighted by atomic mass is 79.9. The van der Waals surface area contributed by atoms with Crippen LogP contribution in [0.2, 0.25) is 0 Å². The fourth-order valence-electron chi connectivity index (χ4n) is 1.85. The number of carbonyl (C=O) groups excluding carboxylic acids is 1. The normalized spacial score (nSPS) is 20.1. The number of nitrogens with one attached hydrogen (secondary N) is 1. The lowest BCUT2D eigenvalue weighted by molar-refractivity contribution is -0.148. The van der Waals surface area contributed by atoms with E-state index < -0.39 is 11.5 Å². The minimum Gasteiger partial charge on any atom is -0.480 e. The molecule has 0 atom stereocenters. The lowest BCUT2D eigenvalue weighted by Crippen LogP contribution is -2.55. The molecule has 2 N–H and O–H groups in total. The number of carboxylic acids is 1. The van der Waals surface area contributed by atoms with Crippen LogP contribution in [0.1, 0.15) is 32.1 Å². The van der Waals surface area contributed by atoms with Crippen LogP contribution in [0.15, 0.2) is 0 Å². The van der Waals surface area contributed by atoms with Gasteiger partial charge in [-0.1, -0.05) is 35.2 Å². The molecule has 0 radical (unpaired) electrons. The molecule has 1 aliphatic rings.